The second kappa shape index (κ2) is 9.29. The fourth-order valence-electron chi connectivity index (χ4n) is 3.12. The maximum atomic E-state index is 13.8. The lowest BCUT2D eigenvalue weighted by Crippen LogP contribution is -2.29. The predicted molar refractivity (Wildman–Crippen MR) is 109 cm³/mol. The van der Waals surface area contributed by atoms with Crippen LogP contribution in [-0.4, -0.2) is 13.0 Å². The Labute approximate surface area is 165 Å². The molecule has 1 unspecified atom stereocenters. The predicted octanol–water partition coefficient (Wildman–Crippen LogP) is 5.05. The van der Waals surface area contributed by atoms with E-state index in [0.717, 1.165) is 17.5 Å². The number of ether oxygens (including phenoxy) is 1. The van der Waals surface area contributed by atoms with Crippen LogP contribution in [0.2, 0.25) is 0 Å². The number of carbonyl (C=O) groups excluding carboxylic acids is 1. The van der Waals surface area contributed by atoms with Gasteiger partial charge in [0.1, 0.15) is 5.82 Å². The molecule has 1 N–H and O–H groups in total. The Hall–Kier alpha value is -2.98. The van der Waals surface area contributed by atoms with Crippen LogP contribution in [0.25, 0.3) is 0 Å². The standard InChI is InChI=1S/C24H24FNO2/c1-3-17-7-11-19(12-8-17)23(21-5-4-6-22(25)15-21)26-24(27)20-13-9-18(10-14-20)16-28-2/h4-15,23H,3,16H2,1-2H3,(H,26,27). The highest BCUT2D eigenvalue weighted by Gasteiger charge is 2.18. The molecular formula is C24H24FNO2. The third kappa shape index (κ3) is 4.84. The first kappa shape index (κ1) is 19.8. The van der Waals surface area contributed by atoms with Crippen LogP contribution in [-0.2, 0) is 17.8 Å². The van der Waals surface area contributed by atoms with Crippen LogP contribution in [0.4, 0.5) is 4.39 Å². The number of aryl methyl sites for hydroxylation is 1. The molecule has 3 rings (SSSR count). The molecule has 3 nitrogen and oxygen atoms in total. The molecule has 0 fully saturated rings. The molecule has 4 heteroatoms. The number of carbonyl (C=O) groups is 1. The van der Waals surface area contributed by atoms with Crippen molar-refractivity contribution in [3.63, 3.8) is 0 Å². The molecule has 0 bridgehead atoms. The highest BCUT2D eigenvalue weighted by atomic mass is 19.1. The lowest BCUT2D eigenvalue weighted by atomic mass is 9.96. The van der Waals surface area contributed by atoms with E-state index in [2.05, 4.69) is 12.2 Å². The lowest BCUT2D eigenvalue weighted by molar-refractivity contribution is 0.0942. The average Bonchev–Trinajstić information content (AvgIpc) is 2.73. The molecule has 0 saturated carbocycles. The molecule has 0 spiro atoms. The van der Waals surface area contributed by atoms with E-state index >= 15 is 0 Å². The summed E-state index contributed by atoms with van der Waals surface area (Å²) in [6, 6.07) is 21.2. The number of amides is 1. The SMILES string of the molecule is CCc1ccc(C(NC(=O)c2ccc(COC)cc2)c2cccc(F)c2)cc1. The van der Waals surface area contributed by atoms with Crippen molar-refractivity contribution in [1.29, 1.82) is 0 Å². The van der Waals surface area contributed by atoms with E-state index in [1.54, 1.807) is 25.3 Å². The maximum Gasteiger partial charge on any atom is 0.252 e. The normalized spacial score (nSPS) is 11.8. The minimum atomic E-state index is -0.437. The number of rotatable bonds is 7. The van der Waals surface area contributed by atoms with Crippen molar-refractivity contribution in [3.05, 3.63) is 106 Å². The number of hydrogen-bond donors (Lipinski definition) is 1. The molecule has 0 aliphatic rings. The molecule has 3 aromatic rings. The van der Waals surface area contributed by atoms with Crippen LogP contribution >= 0.6 is 0 Å². The highest BCUT2D eigenvalue weighted by molar-refractivity contribution is 5.94. The smallest absolute Gasteiger partial charge is 0.252 e. The second-order valence-electron chi connectivity index (χ2n) is 6.69. The minimum Gasteiger partial charge on any atom is -0.380 e. The van der Waals surface area contributed by atoms with Gasteiger partial charge >= 0.3 is 0 Å². The van der Waals surface area contributed by atoms with E-state index in [-0.39, 0.29) is 11.7 Å². The van der Waals surface area contributed by atoms with Crippen LogP contribution in [0, 0.1) is 5.82 Å². The Morgan fingerprint density at radius 1 is 0.964 bits per heavy atom. The summed E-state index contributed by atoms with van der Waals surface area (Å²) in [7, 11) is 1.63. The first-order valence-corrected chi connectivity index (χ1v) is 9.33. The molecule has 0 radical (unpaired) electrons. The van der Waals surface area contributed by atoms with Crippen LogP contribution in [0.1, 0.15) is 45.6 Å². The molecule has 0 saturated heterocycles. The van der Waals surface area contributed by atoms with Crippen LogP contribution in [0.5, 0.6) is 0 Å². The van der Waals surface area contributed by atoms with Gasteiger partial charge in [-0.3, -0.25) is 4.79 Å². The Bertz CT molecular complexity index is 920. The van der Waals surface area contributed by atoms with Crippen LogP contribution in [0.3, 0.4) is 0 Å². The van der Waals surface area contributed by atoms with E-state index in [0.29, 0.717) is 17.7 Å². The molecule has 0 aromatic heterocycles. The summed E-state index contributed by atoms with van der Waals surface area (Å²) in [6.07, 6.45) is 0.936. The first-order chi connectivity index (χ1) is 13.6. The number of hydrogen-bond acceptors (Lipinski definition) is 2. The van der Waals surface area contributed by atoms with E-state index < -0.39 is 6.04 Å². The molecule has 144 valence electrons. The number of halogens is 1. The molecular weight excluding hydrogens is 353 g/mol. The van der Waals surface area contributed by atoms with Gasteiger partial charge in [0.05, 0.1) is 12.6 Å². The van der Waals surface area contributed by atoms with Gasteiger partial charge in [0, 0.05) is 12.7 Å². The Kier molecular flexibility index (Phi) is 6.56. The Morgan fingerprint density at radius 3 is 2.25 bits per heavy atom. The van der Waals surface area contributed by atoms with Gasteiger partial charge in [-0.05, 0) is 52.9 Å². The zero-order valence-corrected chi connectivity index (χ0v) is 16.1. The minimum absolute atomic E-state index is 0.210. The topological polar surface area (TPSA) is 38.3 Å². The lowest BCUT2D eigenvalue weighted by Gasteiger charge is -2.20. The van der Waals surface area contributed by atoms with E-state index in [1.165, 1.54) is 17.7 Å². The van der Waals surface area contributed by atoms with Gasteiger partial charge in [-0.15, -0.1) is 0 Å². The first-order valence-electron chi connectivity index (χ1n) is 9.33. The summed E-state index contributed by atoms with van der Waals surface area (Å²) < 4.78 is 18.9. The third-order valence-corrected chi connectivity index (χ3v) is 4.71. The molecule has 3 aromatic carbocycles. The van der Waals surface area contributed by atoms with Crippen molar-refractivity contribution < 1.29 is 13.9 Å². The molecule has 0 aliphatic heterocycles. The van der Waals surface area contributed by atoms with Crippen molar-refractivity contribution in [2.24, 2.45) is 0 Å². The van der Waals surface area contributed by atoms with Crippen LogP contribution < -0.4 is 5.32 Å². The summed E-state index contributed by atoms with van der Waals surface area (Å²) >= 11 is 0. The van der Waals surface area contributed by atoms with Crippen LogP contribution in [0.15, 0.2) is 72.8 Å². The number of methoxy groups -OCH3 is 1. The van der Waals surface area contributed by atoms with Gasteiger partial charge in [0.2, 0.25) is 0 Å². The second-order valence-corrected chi connectivity index (χ2v) is 6.69. The summed E-state index contributed by atoms with van der Waals surface area (Å²) in [5.41, 5.74) is 4.37. The molecule has 28 heavy (non-hydrogen) atoms. The fraction of sp³-hybridized carbons (Fsp3) is 0.208. The average molecular weight is 377 g/mol. The van der Waals surface area contributed by atoms with E-state index in [9.17, 15) is 9.18 Å². The summed E-state index contributed by atoms with van der Waals surface area (Å²) in [4.78, 5) is 12.8. The fourth-order valence-corrected chi connectivity index (χ4v) is 3.12. The zero-order chi connectivity index (χ0) is 19.9. The third-order valence-electron chi connectivity index (χ3n) is 4.71. The summed E-state index contributed by atoms with van der Waals surface area (Å²) in [5.74, 6) is -0.538. The monoisotopic (exact) mass is 377 g/mol. The molecule has 1 amide bonds. The maximum absolute atomic E-state index is 13.8. The van der Waals surface area contributed by atoms with Crippen molar-refractivity contribution in [2.45, 2.75) is 26.0 Å². The van der Waals surface area contributed by atoms with Gasteiger partial charge in [0.25, 0.3) is 5.91 Å². The van der Waals surface area contributed by atoms with Gasteiger partial charge in [0.15, 0.2) is 0 Å². The van der Waals surface area contributed by atoms with Crippen molar-refractivity contribution in [2.75, 3.05) is 7.11 Å². The largest absolute Gasteiger partial charge is 0.380 e. The highest BCUT2D eigenvalue weighted by Crippen LogP contribution is 2.24. The summed E-state index contributed by atoms with van der Waals surface area (Å²) in [6.45, 7) is 2.59. The van der Waals surface area contributed by atoms with E-state index in [1.807, 2.05) is 42.5 Å². The molecule has 0 aliphatic carbocycles. The Morgan fingerprint density at radius 2 is 1.64 bits per heavy atom. The van der Waals surface area contributed by atoms with Gasteiger partial charge in [-0.25, -0.2) is 4.39 Å². The molecule has 0 heterocycles. The Balaban J connectivity index is 1.88. The van der Waals surface area contributed by atoms with Gasteiger partial charge in [-0.1, -0.05) is 55.5 Å². The van der Waals surface area contributed by atoms with Crippen molar-refractivity contribution in [3.8, 4) is 0 Å². The zero-order valence-electron chi connectivity index (χ0n) is 16.1. The quantitative estimate of drug-likeness (QED) is 0.625. The number of nitrogens with one attached hydrogen (secondary N) is 1. The molecule has 1 atom stereocenters. The van der Waals surface area contributed by atoms with Crippen molar-refractivity contribution >= 4 is 5.91 Å². The van der Waals surface area contributed by atoms with Gasteiger partial charge < -0.3 is 10.1 Å². The van der Waals surface area contributed by atoms with Crippen molar-refractivity contribution in [1.82, 2.24) is 5.32 Å². The van der Waals surface area contributed by atoms with Gasteiger partial charge in [-0.2, -0.15) is 0 Å². The number of benzene rings is 3. The summed E-state index contributed by atoms with van der Waals surface area (Å²) in [5, 5.41) is 3.05. The van der Waals surface area contributed by atoms with E-state index in [4.69, 9.17) is 4.74 Å².